The number of esters is 1. The number of imide groups is 1. The minimum atomic E-state index is -0.750. The van der Waals surface area contributed by atoms with Crippen molar-refractivity contribution in [3.8, 4) is 5.75 Å². The summed E-state index contributed by atoms with van der Waals surface area (Å²) in [5.74, 6) is -0.671. The molecule has 0 fully saturated rings. The zero-order valence-electron chi connectivity index (χ0n) is 13.7. The van der Waals surface area contributed by atoms with Crippen LogP contribution in [0.4, 0.5) is 0 Å². The third-order valence-corrected chi connectivity index (χ3v) is 3.78. The van der Waals surface area contributed by atoms with Crippen molar-refractivity contribution in [1.29, 1.82) is 0 Å². The van der Waals surface area contributed by atoms with Crippen LogP contribution >= 0.6 is 0 Å². The average molecular weight is 339 g/mol. The van der Waals surface area contributed by atoms with E-state index in [-0.39, 0.29) is 13.2 Å². The molecular weight excluding hydrogens is 322 g/mol. The van der Waals surface area contributed by atoms with E-state index < -0.39 is 23.9 Å². The van der Waals surface area contributed by atoms with Gasteiger partial charge in [-0.25, -0.2) is 0 Å². The van der Waals surface area contributed by atoms with Crippen LogP contribution in [0.15, 0.2) is 54.6 Å². The van der Waals surface area contributed by atoms with Gasteiger partial charge in [-0.3, -0.25) is 19.3 Å². The lowest BCUT2D eigenvalue weighted by Crippen LogP contribution is -2.41. The summed E-state index contributed by atoms with van der Waals surface area (Å²) in [6.45, 7) is 1.26. The van der Waals surface area contributed by atoms with Gasteiger partial charge in [0, 0.05) is 6.92 Å². The highest BCUT2D eigenvalue weighted by atomic mass is 16.6. The smallest absolute Gasteiger partial charge is 0.303 e. The van der Waals surface area contributed by atoms with E-state index in [4.69, 9.17) is 9.47 Å². The van der Waals surface area contributed by atoms with Crippen molar-refractivity contribution in [2.24, 2.45) is 0 Å². The Bertz CT molecular complexity index is 767. The molecule has 6 nitrogen and oxygen atoms in total. The summed E-state index contributed by atoms with van der Waals surface area (Å²) in [5.41, 5.74) is 0.719. The molecule has 128 valence electrons. The van der Waals surface area contributed by atoms with Crippen LogP contribution in [0.25, 0.3) is 0 Å². The Morgan fingerprint density at radius 1 is 0.960 bits per heavy atom. The first-order chi connectivity index (χ1) is 12.1. The highest BCUT2D eigenvalue weighted by Crippen LogP contribution is 2.23. The lowest BCUT2D eigenvalue weighted by molar-refractivity contribution is -0.148. The van der Waals surface area contributed by atoms with Crippen LogP contribution in [-0.4, -0.2) is 41.9 Å². The maximum atomic E-state index is 12.4. The fraction of sp³-hybridized carbons (Fsp3) is 0.211. The van der Waals surface area contributed by atoms with Gasteiger partial charge in [-0.1, -0.05) is 30.3 Å². The number of para-hydroxylation sites is 1. The Kier molecular flexibility index (Phi) is 4.79. The molecule has 1 heterocycles. The van der Waals surface area contributed by atoms with Crippen LogP contribution in [0.2, 0.25) is 0 Å². The molecule has 0 spiro atoms. The number of amides is 2. The lowest BCUT2D eigenvalue weighted by atomic mass is 10.1. The molecular formula is C19H17NO5. The largest absolute Gasteiger partial charge is 0.490 e. The summed E-state index contributed by atoms with van der Waals surface area (Å²) in [7, 11) is 0. The van der Waals surface area contributed by atoms with E-state index in [2.05, 4.69) is 0 Å². The first-order valence-electron chi connectivity index (χ1n) is 7.86. The molecule has 0 aliphatic carbocycles. The number of carbonyl (C=O) groups is 3. The molecule has 2 amide bonds. The fourth-order valence-electron chi connectivity index (χ4n) is 2.67. The topological polar surface area (TPSA) is 72.9 Å². The molecule has 0 N–H and O–H groups in total. The standard InChI is InChI=1S/C19H17NO5/c1-13(21)25-15(12-24-14-7-3-2-4-8-14)11-20-18(22)16-9-5-6-10-17(16)19(20)23/h2-10,15H,11-12H2,1H3. The molecule has 0 radical (unpaired) electrons. The molecule has 1 aliphatic heterocycles. The third kappa shape index (κ3) is 3.68. The number of fused-ring (bicyclic) bond motifs is 1. The molecule has 2 aromatic carbocycles. The number of ether oxygens (including phenoxy) is 2. The van der Waals surface area contributed by atoms with Crippen LogP contribution in [0.5, 0.6) is 5.75 Å². The van der Waals surface area contributed by atoms with Gasteiger partial charge in [0.15, 0.2) is 6.10 Å². The van der Waals surface area contributed by atoms with E-state index in [0.717, 1.165) is 4.90 Å². The summed E-state index contributed by atoms with van der Waals surface area (Å²) in [6, 6.07) is 15.7. The van der Waals surface area contributed by atoms with E-state index in [1.54, 1.807) is 36.4 Å². The summed E-state index contributed by atoms with van der Waals surface area (Å²) >= 11 is 0. The van der Waals surface area contributed by atoms with Crippen molar-refractivity contribution in [2.45, 2.75) is 13.0 Å². The summed E-state index contributed by atoms with van der Waals surface area (Å²) in [6.07, 6.45) is -0.750. The van der Waals surface area contributed by atoms with Gasteiger partial charge in [0.25, 0.3) is 11.8 Å². The molecule has 1 aliphatic rings. The number of hydrogen-bond acceptors (Lipinski definition) is 5. The molecule has 6 heteroatoms. The first-order valence-corrected chi connectivity index (χ1v) is 7.86. The predicted molar refractivity (Wildman–Crippen MR) is 89.3 cm³/mol. The summed E-state index contributed by atoms with van der Waals surface area (Å²) < 4.78 is 10.8. The van der Waals surface area contributed by atoms with Crippen molar-refractivity contribution < 1.29 is 23.9 Å². The molecule has 2 aromatic rings. The zero-order valence-corrected chi connectivity index (χ0v) is 13.7. The minimum Gasteiger partial charge on any atom is -0.490 e. The number of benzene rings is 2. The highest BCUT2D eigenvalue weighted by molar-refractivity contribution is 6.21. The number of rotatable bonds is 6. The van der Waals surface area contributed by atoms with Crippen LogP contribution in [0.3, 0.4) is 0 Å². The quantitative estimate of drug-likeness (QED) is 0.596. The molecule has 1 atom stereocenters. The van der Waals surface area contributed by atoms with Gasteiger partial charge in [0.05, 0.1) is 17.7 Å². The van der Waals surface area contributed by atoms with Crippen LogP contribution in [0.1, 0.15) is 27.6 Å². The monoisotopic (exact) mass is 339 g/mol. The van der Waals surface area contributed by atoms with Crippen molar-refractivity contribution in [1.82, 2.24) is 4.90 Å². The Labute approximate surface area is 145 Å². The molecule has 25 heavy (non-hydrogen) atoms. The fourth-order valence-corrected chi connectivity index (χ4v) is 2.67. The van der Waals surface area contributed by atoms with Crippen molar-refractivity contribution in [3.63, 3.8) is 0 Å². The molecule has 0 aromatic heterocycles. The second kappa shape index (κ2) is 7.17. The minimum absolute atomic E-state index is 0.0387. The van der Waals surface area contributed by atoms with E-state index in [1.807, 2.05) is 18.2 Å². The maximum Gasteiger partial charge on any atom is 0.303 e. The van der Waals surface area contributed by atoms with Gasteiger partial charge in [0.2, 0.25) is 0 Å². The summed E-state index contributed by atoms with van der Waals surface area (Å²) in [4.78, 5) is 37.3. The van der Waals surface area contributed by atoms with E-state index in [0.29, 0.717) is 16.9 Å². The van der Waals surface area contributed by atoms with E-state index in [9.17, 15) is 14.4 Å². The number of hydrogen-bond donors (Lipinski definition) is 0. The molecule has 1 unspecified atom stereocenters. The van der Waals surface area contributed by atoms with Crippen LogP contribution in [0, 0.1) is 0 Å². The zero-order chi connectivity index (χ0) is 17.8. The Morgan fingerprint density at radius 3 is 2.08 bits per heavy atom. The van der Waals surface area contributed by atoms with Gasteiger partial charge < -0.3 is 9.47 Å². The Balaban J connectivity index is 1.71. The molecule has 0 saturated heterocycles. The van der Waals surface area contributed by atoms with Gasteiger partial charge in [-0.15, -0.1) is 0 Å². The Hall–Kier alpha value is -3.15. The summed E-state index contributed by atoms with van der Waals surface area (Å²) in [5, 5.41) is 0. The van der Waals surface area contributed by atoms with Crippen molar-refractivity contribution >= 4 is 17.8 Å². The second-order valence-corrected chi connectivity index (χ2v) is 5.62. The average Bonchev–Trinajstić information content (AvgIpc) is 2.85. The SMILES string of the molecule is CC(=O)OC(COc1ccccc1)CN1C(=O)c2ccccc2C1=O. The van der Waals surface area contributed by atoms with Gasteiger partial charge in [-0.2, -0.15) is 0 Å². The van der Waals surface area contributed by atoms with Gasteiger partial charge >= 0.3 is 5.97 Å². The van der Waals surface area contributed by atoms with Crippen molar-refractivity contribution in [3.05, 3.63) is 65.7 Å². The van der Waals surface area contributed by atoms with Crippen LogP contribution in [-0.2, 0) is 9.53 Å². The second-order valence-electron chi connectivity index (χ2n) is 5.62. The van der Waals surface area contributed by atoms with E-state index >= 15 is 0 Å². The molecule has 0 bridgehead atoms. The lowest BCUT2D eigenvalue weighted by Gasteiger charge is -2.22. The van der Waals surface area contributed by atoms with Crippen LogP contribution < -0.4 is 4.74 Å². The highest BCUT2D eigenvalue weighted by Gasteiger charge is 2.37. The third-order valence-electron chi connectivity index (χ3n) is 3.78. The maximum absolute atomic E-state index is 12.4. The Morgan fingerprint density at radius 2 is 1.52 bits per heavy atom. The van der Waals surface area contributed by atoms with Gasteiger partial charge in [0.1, 0.15) is 12.4 Å². The first kappa shape index (κ1) is 16.7. The van der Waals surface area contributed by atoms with Crippen molar-refractivity contribution in [2.75, 3.05) is 13.2 Å². The normalized spacial score (nSPS) is 14.2. The molecule has 0 saturated carbocycles. The molecule has 3 rings (SSSR count). The van der Waals surface area contributed by atoms with E-state index in [1.165, 1.54) is 6.92 Å². The number of carbonyl (C=O) groups excluding carboxylic acids is 3. The predicted octanol–water partition coefficient (Wildman–Crippen LogP) is 2.29. The van der Waals surface area contributed by atoms with Gasteiger partial charge in [-0.05, 0) is 24.3 Å². The number of nitrogens with zero attached hydrogens (tertiary/aromatic N) is 1.